The number of benzene rings is 1. The van der Waals surface area contributed by atoms with Crippen LogP contribution in [0.2, 0.25) is 0 Å². The Kier molecular flexibility index (Phi) is 6.19. The van der Waals surface area contributed by atoms with Gasteiger partial charge in [-0.25, -0.2) is 4.98 Å². The number of carbonyl (C=O) groups excluding carboxylic acids is 1. The summed E-state index contributed by atoms with van der Waals surface area (Å²) in [7, 11) is 0. The van der Waals surface area contributed by atoms with Gasteiger partial charge in [0.2, 0.25) is 5.91 Å². The molecule has 0 radical (unpaired) electrons. The highest BCUT2D eigenvalue weighted by molar-refractivity contribution is 5.76. The van der Waals surface area contributed by atoms with E-state index in [0.717, 1.165) is 31.0 Å². The molecule has 27 heavy (non-hydrogen) atoms. The van der Waals surface area contributed by atoms with E-state index in [0.29, 0.717) is 26.1 Å². The fourth-order valence-corrected chi connectivity index (χ4v) is 3.06. The summed E-state index contributed by atoms with van der Waals surface area (Å²) >= 11 is 0. The van der Waals surface area contributed by atoms with Crippen molar-refractivity contribution in [2.24, 2.45) is 0 Å². The maximum absolute atomic E-state index is 12.4. The first-order valence-corrected chi connectivity index (χ1v) is 9.05. The van der Waals surface area contributed by atoms with E-state index in [1.165, 1.54) is 12.1 Å². The molecule has 2 aromatic rings. The highest BCUT2D eigenvalue weighted by Gasteiger charge is 2.21. The number of anilines is 2. The monoisotopic (exact) mass is 369 g/mol. The molecular weight excluding hydrogens is 346 g/mol. The maximum atomic E-state index is 12.4. The van der Waals surface area contributed by atoms with Gasteiger partial charge in [0.15, 0.2) is 0 Å². The minimum Gasteiger partial charge on any atom is -0.385 e. The van der Waals surface area contributed by atoms with Crippen LogP contribution >= 0.6 is 0 Å². The third-order valence-electron chi connectivity index (χ3n) is 4.58. The SMILES string of the molecule is O=C(CCCNc1ccc([N+](=O)[O-])cc1)N1CCN(c2ccccn2)CC1. The summed E-state index contributed by atoms with van der Waals surface area (Å²) in [6.07, 6.45) is 2.99. The molecule has 1 N–H and O–H groups in total. The van der Waals surface area contributed by atoms with Crippen LogP contribution in [-0.2, 0) is 4.79 Å². The van der Waals surface area contributed by atoms with Gasteiger partial charge in [-0.1, -0.05) is 6.07 Å². The number of aromatic nitrogens is 1. The van der Waals surface area contributed by atoms with Gasteiger partial charge in [-0.15, -0.1) is 0 Å². The number of hydrogen-bond donors (Lipinski definition) is 1. The molecule has 0 aliphatic carbocycles. The van der Waals surface area contributed by atoms with Crippen molar-refractivity contribution in [1.82, 2.24) is 9.88 Å². The molecule has 1 saturated heterocycles. The molecule has 2 heterocycles. The molecule has 0 atom stereocenters. The summed E-state index contributed by atoms with van der Waals surface area (Å²) in [5.74, 6) is 1.12. The molecule has 1 aromatic carbocycles. The highest BCUT2D eigenvalue weighted by atomic mass is 16.6. The summed E-state index contributed by atoms with van der Waals surface area (Å²) in [5.41, 5.74) is 0.887. The van der Waals surface area contributed by atoms with Gasteiger partial charge in [0.1, 0.15) is 5.82 Å². The fraction of sp³-hybridized carbons (Fsp3) is 0.368. The molecule has 1 amide bonds. The second-order valence-corrected chi connectivity index (χ2v) is 6.39. The van der Waals surface area contributed by atoms with Crippen LogP contribution < -0.4 is 10.2 Å². The zero-order chi connectivity index (χ0) is 19.1. The fourth-order valence-electron chi connectivity index (χ4n) is 3.06. The van der Waals surface area contributed by atoms with Crippen molar-refractivity contribution in [3.8, 4) is 0 Å². The van der Waals surface area contributed by atoms with E-state index in [2.05, 4.69) is 15.2 Å². The number of nitrogens with one attached hydrogen (secondary N) is 1. The maximum Gasteiger partial charge on any atom is 0.269 e. The van der Waals surface area contributed by atoms with Crippen LogP contribution in [0.5, 0.6) is 0 Å². The average molecular weight is 369 g/mol. The van der Waals surface area contributed by atoms with Gasteiger partial charge in [0.25, 0.3) is 5.69 Å². The van der Waals surface area contributed by atoms with E-state index in [4.69, 9.17) is 0 Å². The number of nitro benzene ring substituents is 1. The predicted molar refractivity (Wildman–Crippen MR) is 104 cm³/mol. The summed E-state index contributed by atoms with van der Waals surface area (Å²) in [5, 5.41) is 13.8. The Bertz CT molecular complexity index is 759. The number of nitrogens with zero attached hydrogens (tertiary/aromatic N) is 4. The standard InChI is InChI=1S/C19H23N5O3/c25-19(5-3-11-20-16-6-8-17(9-7-16)24(26)27)23-14-12-22(13-15-23)18-4-1-2-10-21-18/h1-2,4,6-10,20H,3,5,11-15H2. The minimum atomic E-state index is -0.421. The van der Waals surface area contributed by atoms with Crippen molar-refractivity contribution in [3.63, 3.8) is 0 Å². The Labute approximate surface area is 158 Å². The number of nitro groups is 1. The van der Waals surface area contributed by atoms with Crippen LogP contribution in [0.1, 0.15) is 12.8 Å². The van der Waals surface area contributed by atoms with Gasteiger partial charge in [-0.2, -0.15) is 0 Å². The largest absolute Gasteiger partial charge is 0.385 e. The van der Waals surface area contributed by atoms with Gasteiger partial charge in [0, 0.05) is 63.2 Å². The topological polar surface area (TPSA) is 91.6 Å². The summed E-state index contributed by atoms with van der Waals surface area (Å²) in [6, 6.07) is 12.1. The molecule has 0 spiro atoms. The second-order valence-electron chi connectivity index (χ2n) is 6.39. The zero-order valence-corrected chi connectivity index (χ0v) is 15.1. The predicted octanol–water partition coefficient (Wildman–Crippen LogP) is 2.53. The Morgan fingerprint density at radius 1 is 1.11 bits per heavy atom. The first-order valence-electron chi connectivity index (χ1n) is 9.05. The lowest BCUT2D eigenvalue weighted by Crippen LogP contribution is -2.49. The number of piperazine rings is 1. The Morgan fingerprint density at radius 2 is 1.85 bits per heavy atom. The second kappa shape index (κ2) is 8.98. The third-order valence-corrected chi connectivity index (χ3v) is 4.58. The van der Waals surface area contributed by atoms with Gasteiger partial charge in [0.05, 0.1) is 4.92 Å². The molecule has 0 unspecified atom stereocenters. The van der Waals surface area contributed by atoms with Crippen molar-refractivity contribution in [3.05, 3.63) is 58.8 Å². The van der Waals surface area contributed by atoms with E-state index in [1.807, 2.05) is 23.1 Å². The zero-order valence-electron chi connectivity index (χ0n) is 15.1. The van der Waals surface area contributed by atoms with Crippen molar-refractivity contribution < 1.29 is 9.72 Å². The normalized spacial score (nSPS) is 14.1. The van der Waals surface area contributed by atoms with Gasteiger partial charge in [-0.05, 0) is 30.7 Å². The van der Waals surface area contributed by atoms with Crippen LogP contribution in [0.3, 0.4) is 0 Å². The van der Waals surface area contributed by atoms with Crippen molar-refractivity contribution in [2.45, 2.75) is 12.8 Å². The van der Waals surface area contributed by atoms with Crippen LogP contribution in [0.4, 0.5) is 17.2 Å². The lowest BCUT2D eigenvalue weighted by Gasteiger charge is -2.35. The molecule has 142 valence electrons. The van der Waals surface area contributed by atoms with E-state index in [1.54, 1.807) is 18.3 Å². The summed E-state index contributed by atoms with van der Waals surface area (Å²) in [6.45, 7) is 3.67. The van der Waals surface area contributed by atoms with Gasteiger partial charge >= 0.3 is 0 Å². The number of rotatable bonds is 7. The van der Waals surface area contributed by atoms with E-state index >= 15 is 0 Å². The first-order chi connectivity index (χ1) is 13.1. The molecule has 8 heteroatoms. The third kappa shape index (κ3) is 5.16. The Morgan fingerprint density at radius 3 is 2.48 bits per heavy atom. The van der Waals surface area contributed by atoms with Gasteiger partial charge < -0.3 is 15.1 Å². The first kappa shape index (κ1) is 18.6. The van der Waals surface area contributed by atoms with E-state index in [9.17, 15) is 14.9 Å². The molecule has 0 saturated carbocycles. The van der Waals surface area contributed by atoms with Crippen LogP contribution in [0.15, 0.2) is 48.7 Å². The Hall–Kier alpha value is -3.16. The highest BCUT2D eigenvalue weighted by Crippen LogP contribution is 2.16. The molecular formula is C19H23N5O3. The number of hydrogen-bond acceptors (Lipinski definition) is 6. The molecule has 3 rings (SSSR count). The minimum absolute atomic E-state index is 0.0700. The van der Waals surface area contributed by atoms with Gasteiger partial charge in [-0.3, -0.25) is 14.9 Å². The van der Waals surface area contributed by atoms with Crippen LogP contribution in [0.25, 0.3) is 0 Å². The molecule has 8 nitrogen and oxygen atoms in total. The summed E-state index contributed by atoms with van der Waals surface area (Å²) in [4.78, 5) is 31.0. The molecule has 1 aromatic heterocycles. The van der Waals surface area contributed by atoms with Crippen molar-refractivity contribution in [1.29, 1.82) is 0 Å². The van der Waals surface area contributed by atoms with E-state index < -0.39 is 4.92 Å². The number of amides is 1. The Balaban J connectivity index is 1.36. The van der Waals surface area contributed by atoms with Crippen LogP contribution in [-0.4, -0.2) is 53.4 Å². The molecule has 1 aliphatic rings. The van der Waals surface area contributed by atoms with Crippen molar-refractivity contribution in [2.75, 3.05) is 42.9 Å². The number of pyridine rings is 1. The van der Waals surface area contributed by atoms with Crippen molar-refractivity contribution >= 4 is 23.1 Å². The van der Waals surface area contributed by atoms with Crippen LogP contribution in [0, 0.1) is 10.1 Å². The molecule has 0 bridgehead atoms. The average Bonchev–Trinajstić information content (AvgIpc) is 2.72. The quantitative estimate of drug-likeness (QED) is 0.458. The van der Waals surface area contributed by atoms with E-state index in [-0.39, 0.29) is 11.6 Å². The summed E-state index contributed by atoms with van der Waals surface area (Å²) < 4.78 is 0. The number of carbonyl (C=O) groups is 1. The smallest absolute Gasteiger partial charge is 0.269 e. The number of non-ortho nitro benzene ring substituents is 1. The lowest BCUT2D eigenvalue weighted by atomic mass is 10.2. The molecule has 1 fully saturated rings. The molecule has 1 aliphatic heterocycles. The lowest BCUT2D eigenvalue weighted by molar-refractivity contribution is -0.384.